The second kappa shape index (κ2) is 12.4. The van der Waals surface area contributed by atoms with Crippen LogP contribution in [0, 0.1) is 0 Å². The number of hydrogen-bond acceptors (Lipinski definition) is 7. The fraction of sp³-hybridized carbons (Fsp3) is 0.524. The number of aromatic hydroxyl groups is 1. The van der Waals surface area contributed by atoms with Gasteiger partial charge in [-0.1, -0.05) is 0 Å². The Morgan fingerprint density at radius 1 is 0.628 bits per heavy atom. The third kappa shape index (κ3) is 8.43. The lowest BCUT2D eigenvalue weighted by Crippen LogP contribution is -2.64. The van der Waals surface area contributed by atoms with Gasteiger partial charge in [-0.25, -0.2) is 19.4 Å². The van der Waals surface area contributed by atoms with Crippen LogP contribution in [0.3, 0.4) is 0 Å². The first-order valence-electron chi connectivity index (χ1n) is 10.9. The maximum Gasteiger partial charge on any atom is 0.460 e. The molecular weight excluding hydrogens is 645 g/mol. The lowest BCUT2D eigenvalue weighted by atomic mass is 10.1. The number of benzene rings is 1. The van der Waals surface area contributed by atoms with Crippen molar-refractivity contribution < 1.29 is 89.9 Å². The number of ether oxygens (including phenoxy) is 4. The van der Waals surface area contributed by atoms with E-state index >= 15 is 0 Å². The van der Waals surface area contributed by atoms with Gasteiger partial charge in [0.25, 0.3) is 0 Å². The maximum atomic E-state index is 13.6. The summed E-state index contributed by atoms with van der Waals surface area (Å²) in [5.41, 5.74) is 0.502. The molecule has 43 heavy (non-hydrogen) atoms. The summed E-state index contributed by atoms with van der Waals surface area (Å²) >= 11 is 0. The van der Waals surface area contributed by atoms with Gasteiger partial charge in [0.1, 0.15) is 12.4 Å². The third-order valence-corrected chi connectivity index (χ3v) is 4.71. The van der Waals surface area contributed by atoms with Gasteiger partial charge in [0.15, 0.2) is 11.6 Å². The van der Waals surface area contributed by atoms with Crippen molar-refractivity contribution in [1.29, 1.82) is 0 Å². The molecule has 7 nitrogen and oxygen atoms in total. The van der Waals surface area contributed by atoms with Crippen molar-refractivity contribution >= 4 is 0 Å². The molecule has 244 valence electrons. The van der Waals surface area contributed by atoms with Crippen LogP contribution in [-0.4, -0.2) is 77.4 Å². The molecule has 1 aromatic carbocycles. The Labute approximate surface area is 229 Å². The van der Waals surface area contributed by atoms with Crippen LogP contribution in [0.1, 0.15) is 6.42 Å². The van der Waals surface area contributed by atoms with E-state index in [1.165, 1.54) is 29.0 Å². The summed E-state index contributed by atoms with van der Waals surface area (Å²) in [5, 5.41) is 9.17. The zero-order chi connectivity index (χ0) is 33.1. The van der Waals surface area contributed by atoms with Gasteiger partial charge < -0.3 is 14.6 Å². The summed E-state index contributed by atoms with van der Waals surface area (Å²) < 4.78 is 208. The van der Waals surface area contributed by atoms with Crippen molar-refractivity contribution in [2.75, 3.05) is 19.8 Å². The van der Waals surface area contributed by atoms with E-state index in [2.05, 4.69) is 19.4 Å². The zero-order valence-corrected chi connectivity index (χ0v) is 20.4. The molecule has 0 bridgehead atoms. The molecule has 0 aliphatic carbocycles. The molecule has 0 radical (unpaired) electrons. The number of rotatable bonds is 15. The van der Waals surface area contributed by atoms with E-state index in [1.807, 2.05) is 0 Å². The van der Waals surface area contributed by atoms with Crippen LogP contribution < -0.4 is 4.74 Å². The Morgan fingerprint density at radius 3 is 1.65 bits per heavy atom. The van der Waals surface area contributed by atoms with E-state index in [9.17, 15) is 65.9 Å². The maximum absolute atomic E-state index is 13.6. The molecule has 2 aromatic rings. The van der Waals surface area contributed by atoms with E-state index < -0.39 is 55.7 Å². The van der Waals surface area contributed by atoms with Gasteiger partial charge in [0.2, 0.25) is 0 Å². The summed E-state index contributed by atoms with van der Waals surface area (Å²) in [7, 11) is 0. The number of aromatic nitrogens is 2. The Hall–Kier alpha value is -3.27. The predicted molar refractivity (Wildman–Crippen MR) is 108 cm³/mol. The Balaban J connectivity index is 1.88. The van der Waals surface area contributed by atoms with Crippen LogP contribution in [0.15, 0.2) is 36.7 Å². The van der Waals surface area contributed by atoms with Crippen LogP contribution >= 0.6 is 0 Å². The van der Waals surface area contributed by atoms with Gasteiger partial charge in [-0.3, -0.25) is 0 Å². The SMILES string of the molecule is Oc1cnc(-c2ccc(OCCCOCC(F)(F)OC(F)(F)C(F)(F)OC(F)(F)C(F)(F)C(F)(F)C(F)(F)F)cc2)nc1. The minimum atomic E-state index is -7.92. The van der Waals surface area contributed by atoms with Crippen LogP contribution in [0.25, 0.3) is 11.4 Å². The molecule has 22 heteroatoms. The van der Waals surface area contributed by atoms with Gasteiger partial charge >= 0.3 is 42.5 Å². The number of nitrogens with zero attached hydrogens (tertiary/aromatic N) is 2. The average Bonchev–Trinajstić information content (AvgIpc) is 2.84. The van der Waals surface area contributed by atoms with Crippen molar-refractivity contribution in [1.82, 2.24) is 9.97 Å². The smallest absolute Gasteiger partial charge is 0.460 e. The molecule has 0 unspecified atom stereocenters. The summed E-state index contributed by atoms with van der Waals surface area (Å²) in [6, 6.07) is 5.83. The van der Waals surface area contributed by atoms with Crippen molar-refractivity contribution in [2.45, 2.75) is 48.9 Å². The molecule has 0 aliphatic heterocycles. The molecule has 2 rings (SSSR count). The summed E-state index contributed by atoms with van der Waals surface area (Å²) in [6.45, 7) is -3.32. The highest BCUT2D eigenvalue weighted by atomic mass is 19.4. The molecular formula is C21H15F15N2O5. The number of alkyl halides is 15. The number of hydrogen-bond donors (Lipinski definition) is 1. The first-order valence-corrected chi connectivity index (χ1v) is 10.9. The molecule has 1 heterocycles. The topological polar surface area (TPSA) is 82.9 Å². The van der Waals surface area contributed by atoms with E-state index in [4.69, 9.17) is 9.84 Å². The van der Waals surface area contributed by atoms with Gasteiger partial charge in [-0.05, 0) is 24.3 Å². The molecule has 0 atom stereocenters. The normalized spacial score (nSPS) is 14.2. The molecule has 0 spiro atoms. The highest BCUT2D eigenvalue weighted by molar-refractivity contribution is 5.56. The van der Waals surface area contributed by atoms with Crippen molar-refractivity contribution in [3.8, 4) is 22.9 Å². The number of halogens is 15. The molecule has 1 N–H and O–H groups in total. The van der Waals surface area contributed by atoms with Gasteiger partial charge in [-0.2, -0.15) is 65.9 Å². The Morgan fingerprint density at radius 2 is 1.14 bits per heavy atom. The molecule has 0 aliphatic rings. The minimum absolute atomic E-state index is 0.180. The molecule has 0 saturated carbocycles. The molecule has 0 saturated heterocycles. The molecule has 0 amide bonds. The zero-order valence-electron chi connectivity index (χ0n) is 20.4. The van der Waals surface area contributed by atoms with Gasteiger partial charge in [-0.15, -0.1) is 0 Å². The quantitative estimate of drug-likeness (QED) is 0.165. The van der Waals surface area contributed by atoms with Gasteiger partial charge in [0, 0.05) is 12.0 Å². The van der Waals surface area contributed by atoms with Gasteiger partial charge in [0.05, 0.1) is 25.6 Å². The first kappa shape index (κ1) is 35.9. The lowest BCUT2D eigenvalue weighted by Gasteiger charge is -2.36. The summed E-state index contributed by atoms with van der Waals surface area (Å²) in [4.78, 5) is 7.72. The predicted octanol–water partition coefficient (Wildman–Crippen LogP) is 6.87. The standard InChI is InChI=1S/C21H15F15N2O5/c22-15(23,10-40-6-1-7-41-13-4-2-11(3-5-13)14-37-8-12(39)9-38-14)42-20(33,34)21(35,36)43-19(31,32)17(26,27)16(24,25)18(28,29)30/h2-5,8-9,39H,1,6-7,10H2. The fourth-order valence-corrected chi connectivity index (χ4v) is 2.63. The van der Waals surface area contributed by atoms with E-state index in [-0.39, 0.29) is 30.4 Å². The largest absolute Gasteiger partial charge is 0.505 e. The van der Waals surface area contributed by atoms with Crippen LogP contribution in [0.5, 0.6) is 11.5 Å². The van der Waals surface area contributed by atoms with E-state index in [1.54, 1.807) is 0 Å². The highest BCUT2D eigenvalue weighted by Crippen LogP contribution is 2.56. The van der Waals surface area contributed by atoms with Crippen molar-refractivity contribution in [2.24, 2.45) is 0 Å². The van der Waals surface area contributed by atoms with Crippen LogP contribution in [0.4, 0.5) is 65.9 Å². The summed E-state index contributed by atoms with van der Waals surface area (Å²) in [6.07, 6.45) is -33.0. The monoisotopic (exact) mass is 660 g/mol. The second-order valence-electron chi connectivity index (χ2n) is 8.08. The van der Waals surface area contributed by atoms with Crippen molar-refractivity contribution in [3.63, 3.8) is 0 Å². The van der Waals surface area contributed by atoms with Crippen LogP contribution in [-0.2, 0) is 14.2 Å². The van der Waals surface area contributed by atoms with Crippen LogP contribution in [0.2, 0.25) is 0 Å². The lowest BCUT2D eigenvalue weighted by molar-refractivity contribution is -0.543. The fourth-order valence-electron chi connectivity index (χ4n) is 2.63. The second-order valence-corrected chi connectivity index (χ2v) is 8.08. The third-order valence-electron chi connectivity index (χ3n) is 4.71. The van der Waals surface area contributed by atoms with E-state index in [0.717, 1.165) is 12.4 Å². The van der Waals surface area contributed by atoms with Crippen molar-refractivity contribution in [3.05, 3.63) is 36.7 Å². The molecule has 1 aromatic heterocycles. The average molecular weight is 660 g/mol. The molecule has 0 fully saturated rings. The Kier molecular flexibility index (Phi) is 10.3. The minimum Gasteiger partial charge on any atom is -0.505 e. The Bertz CT molecular complexity index is 1190. The highest BCUT2D eigenvalue weighted by Gasteiger charge is 2.85. The summed E-state index contributed by atoms with van der Waals surface area (Å²) in [5.74, 6) is -15.4. The first-order chi connectivity index (χ1) is 19.4. The van der Waals surface area contributed by atoms with E-state index in [0.29, 0.717) is 5.56 Å².